The topological polar surface area (TPSA) is 110 Å². The van der Waals surface area contributed by atoms with Crippen molar-refractivity contribution in [2.24, 2.45) is 0 Å². The van der Waals surface area contributed by atoms with Crippen molar-refractivity contribution in [3.63, 3.8) is 0 Å². The van der Waals surface area contributed by atoms with Gasteiger partial charge in [0.2, 0.25) is 5.91 Å². The normalized spacial score (nSPS) is 22.9. The van der Waals surface area contributed by atoms with Gasteiger partial charge in [0.25, 0.3) is 0 Å². The molecule has 21 heavy (non-hydrogen) atoms. The van der Waals surface area contributed by atoms with Crippen LogP contribution in [0.2, 0.25) is 0 Å². The molecule has 0 radical (unpaired) electrons. The van der Waals surface area contributed by atoms with E-state index in [-0.39, 0.29) is 19.5 Å². The maximum atomic E-state index is 12.4. The summed E-state index contributed by atoms with van der Waals surface area (Å²) in [5.41, 5.74) is 0.824. The van der Waals surface area contributed by atoms with Crippen molar-refractivity contribution >= 4 is 12.0 Å². The highest BCUT2D eigenvalue weighted by molar-refractivity contribution is 5.86. The lowest BCUT2D eigenvalue weighted by Crippen LogP contribution is -2.49. The van der Waals surface area contributed by atoms with Crippen LogP contribution in [0.25, 0.3) is 0 Å². The van der Waals surface area contributed by atoms with Gasteiger partial charge in [-0.05, 0) is 5.56 Å². The van der Waals surface area contributed by atoms with Crippen LogP contribution in [-0.4, -0.2) is 63.6 Å². The van der Waals surface area contributed by atoms with Gasteiger partial charge in [0.1, 0.15) is 6.04 Å². The molecule has 1 aliphatic heterocycles. The first kappa shape index (κ1) is 15.3. The fraction of sp³-hybridized carbons (Fsp3) is 0.429. The second kappa shape index (κ2) is 6.55. The maximum absolute atomic E-state index is 12.4. The number of carboxylic acid groups (broad SMARTS) is 1. The van der Waals surface area contributed by atoms with E-state index in [4.69, 9.17) is 5.11 Å². The number of benzene rings is 1. The largest absolute Gasteiger partial charge is 0.465 e. The Balaban J connectivity index is 2.08. The van der Waals surface area contributed by atoms with Crippen LogP contribution < -0.4 is 5.32 Å². The van der Waals surface area contributed by atoms with Crippen molar-refractivity contribution in [1.29, 1.82) is 0 Å². The van der Waals surface area contributed by atoms with E-state index in [0.29, 0.717) is 0 Å². The first-order chi connectivity index (χ1) is 9.97. The van der Waals surface area contributed by atoms with Crippen LogP contribution >= 0.6 is 0 Å². The quantitative estimate of drug-likeness (QED) is 0.594. The molecule has 1 fully saturated rings. The van der Waals surface area contributed by atoms with Crippen LogP contribution in [-0.2, 0) is 11.2 Å². The van der Waals surface area contributed by atoms with Gasteiger partial charge >= 0.3 is 6.09 Å². The Morgan fingerprint density at radius 2 is 1.76 bits per heavy atom. The van der Waals surface area contributed by atoms with Gasteiger partial charge < -0.3 is 25.5 Å². The monoisotopic (exact) mass is 294 g/mol. The van der Waals surface area contributed by atoms with Crippen molar-refractivity contribution in [1.82, 2.24) is 10.2 Å². The third kappa shape index (κ3) is 3.93. The summed E-state index contributed by atoms with van der Waals surface area (Å²) in [6, 6.07) is 8.11. The molecule has 1 heterocycles. The molecule has 0 spiro atoms. The van der Waals surface area contributed by atoms with Crippen LogP contribution in [0, 0.1) is 0 Å². The number of rotatable bonds is 4. The average Bonchev–Trinajstić information content (AvgIpc) is 2.78. The van der Waals surface area contributed by atoms with Crippen molar-refractivity contribution in [2.75, 3.05) is 13.1 Å². The first-order valence-electron chi connectivity index (χ1n) is 6.65. The van der Waals surface area contributed by atoms with Gasteiger partial charge in [-0.25, -0.2) is 4.79 Å². The zero-order chi connectivity index (χ0) is 15.4. The highest BCUT2D eigenvalue weighted by atomic mass is 16.4. The van der Waals surface area contributed by atoms with E-state index in [1.165, 1.54) is 4.90 Å². The van der Waals surface area contributed by atoms with Gasteiger partial charge in [-0.2, -0.15) is 0 Å². The Labute approximate surface area is 121 Å². The molecule has 0 saturated carbocycles. The van der Waals surface area contributed by atoms with Crippen molar-refractivity contribution < 1.29 is 24.9 Å². The Bertz CT molecular complexity index is 497. The zero-order valence-electron chi connectivity index (χ0n) is 11.3. The Hall–Kier alpha value is -2.12. The maximum Gasteiger partial charge on any atom is 0.405 e. The highest BCUT2D eigenvalue weighted by Gasteiger charge is 2.36. The molecular formula is C14H18N2O5. The smallest absolute Gasteiger partial charge is 0.405 e. The standard InChI is InChI=1S/C14H18N2O5/c17-11-7-16(8-12(11)18)13(19)10(15-14(20)21)6-9-4-2-1-3-5-9/h1-5,10-12,15,17-18H,6-8H2,(H,20,21). The van der Waals surface area contributed by atoms with Crippen molar-refractivity contribution in [3.8, 4) is 0 Å². The molecule has 2 rings (SSSR count). The van der Waals surface area contributed by atoms with Crippen molar-refractivity contribution in [2.45, 2.75) is 24.7 Å². The lowest BCUT2D eigenvalue weighted by atomic mass is 10.1. The second-order valence-electron chi connectivity index (χ2n) is 5.07. The summed E-state index contributed by atoms with van der Waals surface area (Å²) in [6.07, 6.45) is -3.05. The van der Waals surface area contributed by atoms with E-state index in [0.717, 1.165) is 5.56 Å². The molecule has 7 heteroatoms. The van der Waals surface area contributed by atoms with Crippen LogP contribution in [0.15, 0.2) is 30.3 Å². The fourth-order valence-corrected chi connectivity index (χ4v) is 2.37. The summed E-state index contributed by atoms with van der Waals surface area (Å²) in [6.45, 7) is 0.0131. The van der Waals surface area contributed by atoms with Gasteiger partial charge in [-0.3, -0.25) is 4.79 Å². The molecule has 0 bridgehead atoms. The number of aliphatic hydroxyl groups is 2. The second-order valence-corrected chi connectivity index (χ2v) is 5.07. The van der Waals surface area contributed by atoms with Crippen LogP contribution in [0.3, 0.4) is 0 Å². The number of β-amino-alcohol motifs (C(OH)–C–C–N with tert-alkyl or cyclic N) is 2. The summed E-state index contributed by atoms with van der Waals surface area (Å²) >= 11 is 0. The lowest BCUT2D eigenvalue weighted by molar-refractivity contribution is -0.132. The van der Waals surface area contributed by atoms with E-state index < -0.39 is 30.3 Å². The molecule has 1 aromatic rings. The van der Waals surface area contributed by atoms with E-state index >= 15 is 0 Å². The highest BCUT2D eigenvalue weighted by Crippen LogP contribution is 2.13. The number of nitrogens with one attached hydrogen (secondary N) is 1. The number of nitrogens with zero attached hydrogens (tertiary/aromatic N) is 1. The molecule has 1 aromatic carbocycles. The predicted molar refractivity (Wildman–Crippen MR) is 73.7 cm³/mol. The van der Waals surface area contributed by atoms with Crippen molar-refractivity contribution in [3.05, 3.63) is 35.9 Å². The minimum atomic E-state index is -1.29. The van der Waals surface area contributed by atoms with E-state index in [2.05, 4.69) is 5.32 Å². The number of carbonyl (C=O) groups is 2. The fourth-order valence-electron chi connectivity index (χ4n) is 2.37. The first-order valence-corrected chi connectivity index (χ1v) is 6.65. The van der Waals surface area contributed by atoms with Gasteiger partial charge in [0.15, 0.2) is 0 Å². The van der Waals surface area contributed by atoms with Crippen LogP contribution in [0.1, 0.15) is 5.56 Å². The number of likely N-dealkylation sites (tertiary alicyclic amines) is 1. The van der Waals surface area contributed by atoms with Gasteiger partial charge in [-0.15, -0.1) is 0 Å². The van der Waals surface area contributed by atoms with Gasteiger partial charge in [-0.1, -0.05) is 30.3 Å². The third-order valence-electron chi connectivity index (χ3n) is 3.45. The number of hydrogen-bond donors (Lipinski definition) is 4. The predicted octanol–water partition coefficient (Wildman–Crippen LogP) is -0.571. The summed E-state index contributed by atoms with van der Waals surface area (Å²) in [4.78, 5) is 24.5. The minimum absolute atomic E-state index is 0.00654. The molecule has 7 nitrogen and oxygen atoms in total. The summed E-state index contributed by atoms with van der Waals surface area (Å²) < 4.78 is 0. The summed E-state index contributed by atoms with van der Waals surface area (Å²) in [5.74, 6) is -0.447. The number of aliphatic hydroxyl groups excluding tert-OH is 2. The third-order valence-corrected chi connectivity index (χ3v) is 3.45. The molecule has 0 aliphatic carbocycles. The summed E-state index contributed by atoms with van der Waals surface area (Å²) in [7, 11) is 0. The zero-order valence-corrected chi connectivity index (χ0v) is 11.3. The van der Waals surface area contributed by atoms with Crippen LogP contribution in [0.5, 0.6) is 0 Å². The number of amides is 2. The number of hydrogen-bond acceptors (Lipinski definition) is 4. The molecule has 3 unspecified atom stereocenters. The molecule has 2 amide bonds. The molecule has 3 atom stereocenters. The van der Waals surface area contributed by atoms with E-state index in [9.17, 15) is 19.8 Å². The molecule has 1 saturated heterocycles. The Morgan fingerprint density at radius 3 is 2.29 bits per heavy atom. The Kier molecular flexibility index (Phi) is 4.77. The molecule has 0 aromatic heterocycles. The summed E-state index contributed by atoms with van der Waals surface area (Å²) in [5, 5.41) is 30.1. The van der Waals surface area contributed by atoms with Gasteiger partial charge in [0.05, 0.1) is 12.2 Å². The minimum Gasteiger partial charge on any atom is -0.465 e. The van der Waals surface area contributed by atoms with E-state index in [1.807, 2.05) is 6.07 Å². The molecule has 4 N–H and O–H groups in total. The average molecular weight is 294 g/mol. The molecular weight excluding hydrogens is 276 g/mol. The van der Waals surface area contributed by atoms with Gasteiger partial charge in [0, 0.05) is 19.5 Å². The molecule has 114 valence electrons. The number of carbonyl (C=O) groups excluding carboxylic acids is 1. The SMILES string of the molecule is O=C(O)NC(Cc1ccccc1)C(=O)N1CC(O)C(O)C1. The molecule has 1 aliphatic rings. The Morgan fingerprint density at radius 1 is 1.19 bits per heavy atom. The van der Waals surface area contributed by atoms with Crippen LogP contribution in [0.4, 0.5) is 4.79 Å². The lowest BCUT2D eigenvalue weighted by Gasteiger charge is -2.23. The van der Waals surface area contributed by atoms with E-state index in [1.54, 1.807) is 24.3 Å².